The fourth-order valence-electron chi connectivity index (χ4n) is 5.08. The molecule has 2 aliphatic rings. The summed E-state index contributed by atoms with van der Waals surface area (Å²) in [6, 6.07) is 12.4. The molecule has 178 valence electrons. The van der Waals surface area contributed by atoms with Crippen LogP contribution in [-0.4, -0.2) is 37.7 Å². The molecule has 4 aromatic rings. The van der Waals surface area contributed by atoms with Crippen molar-refractivity contribution < 1.29 is 14.7 Å². The van der Waals surface area contributed by atoms with Gasteiger partial charge in [0.05, 0.1) is 23.0 Å². The molecule has 0 spiro atoms. The molecule has 0 bridgehead atoms. The van der Waals surface area contributed by atoms with Crippen molar-refractivity contribution >= 4 is 28.8 Å². The molecule has 0 atom stereocenters. The quantitative estimate of drug-likeness (QED) is 0.345. The van der Waals surface area contributed by atoms with Gasteiger partial charge in [-0.25, -0.2) is 9.36 Å². The number of hydrogen-bond acceptors (Lipinski definition) is 6. The maximum atomic E-state index is 13.3. The fraction of sp³-hybridized carbons (Fsp3) is 0.148. The predicted molar refractivity (Wildman–Crippen MR) is 133 cm³/mol. The van der Waals surface area contributed by atoms with Crippen LogP contribution in [0.3, 0.4) is 0 Å². The molecule has 3 aromatic carbocycles. The minimum Gasteiger partial charge on any atom is -0.493 e. The predicted octanol–water partition coefficient (Wildman–Crippen LogP) is 2.73. The van der Waals surface area contributed by atoms with Crippen LogP contribution in [0.5, 0.6) is 5.88 Å². The molecule has 36 heavy (non-hydrogen) atoms. The Labute approximate surface area is 203 Å². The monoisotopic (exact) mass is 480 g/mol. The van der Waals surface area contributed by atoms with Crippen molar-refractivity contribution in [3.63, 3.8) is 0 Å². The van der Waals surface area contributed by atoms with E-state index in [1.165, 1.54) is 0 Å². The van der Waals surface area contributed by atoms with E-state index in [2.05, 4.69) is 10.1 Å². The molecule has 1 aromatic heterocycles. The molecule has 2 N–H and O–H groups in total. The molecule has 0 unspecified atom stereocenters. The number of aromatic hydroxyl groups is 1. The van der Waals surface area contributed by atoms with Crippen molar-refractivity contribution in [3.8, 4) is 11.6 Å². The molecule has 0 saturated heterocycles. The van der Waals surface area contributed by atoms with Crippen molar-refractivity contribution in [2.75, 3.05) is 0 Å². The Bertz CT molecular complexity index is 1750. The Hall–Kier alpha value is -4.79. The van der Waals surface area contributed by atoms with Crippen LogP contribution in [-0.2, 0) is 12.8 Å². The van der Waals surface area contributed by atoms with E-state index in [4.69, 9.17) is 0 Å². The Morgan fingerprint density at radius 3 is 2.17 bits per heavy atom. The second-order valence-electron chi connectivity index (χ2n) is 9.01. The van der Waals surface area contributed by atoms with Gasteiger partial charge in [-0.1, -0.05) is 24.3 Å². The maximum absolute atomic E-state index is 13.3. The van der Waals surface area contributed by atoms with Crippen molar-refractivity contribution in [1.82, 2.24) is 14.6 Å². The Balaban J connectivity index is 1.46. The van der Waals surface area contributed by atoms with Gasteiger partial charge in [-0.2, -0.15) is 10.1 Å². The van der Waals surface area contributed by atoms with E-state index in [1.54, 1.807) is 31.2 Å². The van der Waals surface area contributed by atoms with E-state index < -0.39 is 28.9 Å². The second kappa shape index (κ2) is 7.61. The minimum absolute atomic E-state index is 0.350. The number of H-pyrrole nitrogens is 1. The van der Waals surface area contributed by atoms with Crippen LogP contribution in [0.1, 0.15) is 48.5 Å². The van der Waals surface area contributed by atoms with E-state index in [0.29, 0.717) is 27.2 Å². The topological polar surface area (TPSA) is 125 Å². The first kappa shape index (κ1) is 21.7. The second-order valence-corrected chi connectivity index (χ2v) is 9.01. The van der Waals surface area contributed by atoms with E-state index >= 15 is 0 Å². The summed E-state index contributed by atoms with van der Waals surface area (Å²) >= 11 is 0. The number of rotatable bonds is 3. The first-order valence-corrected chi connectivity index (χ1v) is 11.4. The third-order valence-corrected chi connectivity index (χ3v) is 7.08. The van der Waals surface area contributed by atoms with Crippen molar-refractivity contribution in [2.45, 2.75) is 26.7 Å². The van der Waals surface area contributed by atoms with Gasteiger partial charge in [-0.05, 0) is 72.5 Å². The fourth-order valence-corrected chi connectivity index (χ4v) is 5.08. The first-order valence-electron chi connectivity index (χ1n) is 11.4. The summed E-state index contributed by atoms with van der Waals surface area (Å²) in [5.41, 5.74) is 2.81. The number of nitrogens with one attached hydrogen (secondary N) is 1. The number of nitrogens with zero attached hydrogens (tertiary/aromatic N) is 3. The summed E-state index contributed by atoms with van der Waals surface area (Å²) in [6.07, 6.45) is 2.64. The van der Waals surface area contributed by atoms with Gasteiger partial charge in [-0.3, -0.25) is 19.4 Å². The maximum Gasteiger partial charge on any atom is 0.335 e. The van der Waals surface area contributed by atoms with E-state index in [9.17, 15) is 24.3 Å². The van der Waals surface area contributed by atoms with Gasteiger partial charge < -0.3 is 5.11 Å². The number of hydrogen-bond donors (Lipinski definition) is 2. The Morgan fingerprint density at radius 1 is 0.889 bits per heavy atom. The zero-order chi connectivity index (χ0) is 25.3. The summed E-state index contributed by atoms with van der Waals surface area (Å²) in [5, 5.41) is 17.2. The average molecular weight is 480 g/mol. The van der Waals surface area contributed by atoms with E-state index in [1.807, 2.05) is 25.1 Å². The molecule has 9 nitrogen and oxygen atoms in total. The summed E-state index contributed by atoms with van der Waals surface area (Å²) in [6.45, 7) is 3.64. The number of imide groups is 1. The molecule has 1 aliphatic heterocycles. The molecule has 0 saturated carbocycles. The third kappa shape index (κ3) is 2.92. The lowest BCUT2D eigenvalue weighted by molar-refractivity contribution is 0.0616. The van der Waals surface area contributed by atoms with Crippen LogP contribution in [0, 0.1) is 13.8 Å². The van der Waals surface area contributed by atoms with Crippen LogP contribution in [0.2, 0.25) is 0 Å². The normalized spacial score (nSPS) is 14.4. The standard InChI is InChI=1S/C27H20N4O5/c1-13-4-3-5-20(14(13)2)30-24(33)19(23(32)29-27(30)36)12-28-31-25(34)17-10-8-15-6-7-16-9-11-18(26(31)35)22(17)21(15)16/h3-5,8-12,33H,6-7H2,1-2H3,(H,29,32,36)/b28-12+. The molecule has 0 fully saturated rings. The lowest BCUT2D eigenvalue weighted by Gasteiger charge is -2.23. The number of aromatic amines is 1. The third-order valence-electron chi connectivity index (χ3n) is 7.08. The molecular formula is C27H20N4O5. The average Bonchev–Trinajstić information content (AvgIpc) is 3.27. The van der Waals surface area contributed by atoms with Crippen LogP contribution in [0.25, 0.3) is 16.5 Å². The molecule has 2 heterocycles. The number of carbonyl (C=O) groups is 2. The van der Waals surface area contributed by atoms with E-state index in [-0.39, 0.29) is 5.56 Å². The first-order chi connectivity index (χ1) is 17.3. The SMILES string of the molecule is Cc1cccc(-n2c(O)c(/C=N/N3C(=O)c4ccc5c6c(ccc(c46)C3=O)CC5)c(=O)[nH]c2=O)c1C. The lowest BCUT2D eigenvalue weighted by atomic mass is 9.92. The molecule has 2 amide bonds. The van der Waals surface area contributed by atoms with E-state index in [0.717, 1.165) is 51.3 Å². The summed E-state index contributed by atoms with van der Waals surface area (Å²) in [7, 11) is 0. The zero-order valence-corrected chi connectivity index (χ0v) is 19.5. The highest BCUT2D eigenvalue weighted by Gasteiger charge is 2.35. The van der Waals surface area contributed by atoms with Gasteiger partial charge in [0.15, 0.2) is 0 Å². The Kier molecular flexibility index (Phi) is 4.59. The van der Waals surface area contributed by atoms with Gasteiger partial charge >= 0.3 is 5.69 Å². The number of aryl methyl sites for hydroxylation is 3. The highest BCUT2D eigenvalue weighted by atomic mass is 16.3. The van der Waals surface area contributed by atoms with Gasteiger partial charge in [-0.15, -0.1) is 0 Å². The minimum atomic E-state index is -0.901. The summed E-state index contributed by atoms with van der Waals surface area (Å²) in [4.78, 5) is 53.8. The lowest BCUT2D eigenvalue weighted by Crippen LogP contribution is -2.37. The number of benzene rings is 3. The molecule has 1 aliphatic carbocycles. The molecule has 0 radical (unpaired) electrons. The van der Waals surface area contributed by atoms with Crippen LogP contribution >= 0.6 is 0 Å². The van der Waals surface area contributed by atoms with Crippen LogP contribution in [0.4, 0.5) is 0 Å². The summed E-state index contributed by atoms with van der Waals surface area (Å²) in [5.74, 6) is -1.91. The van der Waals surface area contributed by atoms with Crippen molar-refractivity contribution in [2.24, 2.45) is 5.10 Å². The van der Waals surface area contributed by atoms with Gasteiger partial charge in [0.1, 0.15) is 5.56 Å². The van der Waals surface area contributed by atoms with Crippen LogP contribution < -0.4 is 11.2 Å². The number of aromatic nitrogens is 2. The van der Waals surface area contributed by atoms with Gasteiger partial charge in [0.2, 0.25) is 5.88 Å². The zero-order valence-electron chi connectivity index (χ0n) is 19.5. The summed E-state index contributed by atoms with van der Waals surface area (Å²) < 4.78 is 0.958. The van der Waals surface area contributed by atoms with Gasteiger partial charge in [0.25, 0.3) is 17.4 Å². The molecule has 6 rings (SSSR count). The number of amides is 2. The largest absolute Gasteiger partial charge is 0.493 e. The highest BCUT2D eigenvalue weighted by molar-refractivity contribution is 6.26. The van der Waals surface area contributed by atoms with Crippen LogP contribution in [0.15, 0.2) is 57.2 Å². The highest BCUT2D eigenvalue weighted by Crippen LogP contribution is 2.38. The Morgan fingerprint density at radius 2 is 1.53 bits per heavy atom. The molecular weight excluding hydrogens is 460 g/mol. The van der Waals surface area contributed by atoms with Gasteiger partial charge in [0, 0.05) is 5.39 Å². The number of hydrazone groups is 1. The smallest absolute Gasteiger partial charge is 0.335 e. The van der Waals surface area contributed by atoms with Crippen molar-refractivity contribution in [3.05, 3.63) is 102 Å². The molecule has 9 heteroatoms. The number of carbonyl (C=O) groups excluding carboxylic acids is 2. The van der Waals surface area contributed by atoms with Crippen molar-refractivity contribution in [1.29, 1.82) is 0 Å².